The highest BCUT2D eigenvalue weighted by Gasteiger charge is 2.11. The Morgan fingerprint density at radius 3 is 2.69 bits per heavy atom. The number of amides is 1. The molecule has 0 aliphatic carbocycles. The second kappa shape index (κ2) is 10.1. The van der Waals surface area contributed by atoms with Gasteiger partial charge in [-0.25, -0.2) is 9.37 Å². The predicted molar refractivity (Wildman–Crippen MR) is 123 cm³/mol. The molecule has 1 N–H and O–H groups in total. The zero-order valence-electron chi connectivity index (χ0n) is 18.1. The molecule has 0 unspecified atom stereocenters. The molecule has 0 saturated heterocycles. The fourth-order valence-electron chi connectivity index (χ4n) is 3.67. The van der Waals surface area contributed by atoms with Gasteiger partial charge in [0.2, 0.25) is 0 Å². The Hall–Kier alpha value is -3.67. The molecule has 0 aliphatic heterocycles. The molecule has 4 rings (SSSR count). The van der Waals surface area contributed by atoms with Crippen LogP contribution in [0.15, 0.2) is 72.8 Å². The van der Waals surface area contributed by atoms with Crippen LogP contribution in [0.2, 0.25) is 0 Å². The number of hydrogen-bond donors (Lipinski definition) is 1. The minimum absolute atomic E-state index is 0.223. The standard InChI is InChI=1S/C26H26FN3O2/c1-19-6-4-7-22(18-19)32-17-5-16-30-24-9-3-2-8-23(24)29-25(30)14-15-28-26(31)20-10-12-21(27)13-11-20/h2-4,6-13,18H,5,14-17H2,1H3,(H,28,31). The van der Waals surface area contributed by atoms with E-state index in [0.29, 0.717) is 25.1 Å². The van der Waals surface area contributed by atoms with Crippen molar-refractivity contribution in [1.29, 1.82) is 0 Å². The minimum Gasteiger partial charge on any atom is -0.494 e. The lowest BCUT2D eigenvalue weighted by molar-refractivity contribution is 0.0954. The van der Waals surface area contributed by atoms with Crippen LogP contribution in [0.3, 0.4) is 0 Å². The van der Waals surface area contributed by atoms with Gasteiger partial charge in [-0.05, 0) is 67.4 Å². The Bertz CT molecular complexity index is 1200. The fourth-order valence-corrected chi connectivity index (χ4v) is 3.67. The van der Waals surface area contributed by atoms with Crippen LogP contribution in [-0.4, -0.2) is 28.6 Å². The Kier molecular flexibility index (Phi) is 6.80. The molecule has 0 atom stereocenters. The minimum atomic E-state index is -0.360. The first kappa shape index (κ1) is 21.6. The number of aryl methyl sites for hydroxylation is 2. The number of hydrogen-bond acceptors (Lipinski definition) is 3. The van der Waals surface area contributed by atoms with Gasteiger partial charge in [0.15, 0.2) is 0 Å². The second-order valence-electron chi connectivity index (χ2n) is 7.70. The molecule has 0 spiro atoms. The second-order valence-corrected chi connectivity index (χ2v) is 7.70. The van der Waals surface area contributed by atoms with Crippen LogP contribution in [0, 0.1) is 12.7 Å². The van der Waals surface area contributed by atoms with Gasteiger partial charge in [0.25, 0.3) is 5.91 Å². The highest BCUT2D eigenvalue weighted by Crippen LogP contribution is 2.18. The van der Waals surface area contributed by atoms with Crippen LogP contribution in [0.5, 0.6) is 5.75 Å². The number of nitrogens with one attached hydrogen (secondary N) is 1. The number of halogens is 1. The van der Waals surface area contributed by atoms with Crippen LogP contribution in [0.1, 0.15) is 28.2 Å². The number of ether oxygens (including phenoxy) is 1. The summed E-state index contributed by atoms with van der Waals surface area (Å²) in [6.45, 7) is 3.87. The average Bonchev–Trinajstić information content (AvgIpc) is 3.14. The Morgan fingerprint density at radius 2 is 1.88 bits per heavy atom. The Balaban J connectivity index is 1.37. The van der Waals surface area contributed by atoms with E-state index in [1.165, 1.54) is 29.8 Å². The lowest BCUT2D eigenvalue weighted by atomic mass is 10.2. The van der Waals surface area contributed by atoms with Crippen molar-refractivity contribution in [3.05, 3.63) is 95.6 Å². The topological polar surface area (TPSA) is 56.1 Å². The predicted octanol–water partition coefficient (Wildman–Crippen LogP) is 4.93. The van der Waals surface area contributed by atoms with Gasteiger partial charge in [-0.3, -0.25) is 4.79 Å². The van der Waals surface area contributed by atoms with Gasteiger partial charge in [0.05, 0.1) is 17.6 Å². The number of rotatable bonds is 9. The van der Waals surface area contributed by atoms with E-state index >= 15 is 0 Å². The van der Waals surface area contributed by atoms with Gasteiger partial charge in [0.1, 0.15) is 17.4 Å². The molecule has 0 aliphatic rings. The Morgan fingerprint density at radius 1 is 1.06 bits per heavy atom. The molecule has 1 aromatic heterocycles. The van der Waals surface area contributed by atoms with E-state index in [4.69, 9.17) is 9.72 Å². The normalized spacial score (nSPS) is 10.9. The van der Waals surface area contributed by atoms with Gasteiger partial charge >= 0.3 is 0 Å². The summed E-state index contributed by atoms with van der Waals surface area (Å²) in [6, 6.07) is 21.6. The van der Waals surface area contributed by atoms with Crippen molar-refractivity contribution in [2.75, 3.05) is 13.2 Å². The summed E-state index contributed by atoms with van der Waals surface area (Å²) in [4.78, 5) is 17.1. The summed E-state index contributed by atoms with van der Waals surface area (Å²) < 4.78 is 21.1. The van der Waals surface area contributed by atoms with E-state index in [9.17, 15) is 9.18 Å². The maximum Gasteiger partial charge on any atom is 0.251 e. The monoisotopic (exact) mass is 431 g/mol. The molecular formula is C26H26FN3O2. The molecule has 32 heavy (non-hydrogen) atoms. The molecular weight excluding hydrogens is 405 g/mol. The molecule has 0 fully saturated rings. The summed E-state index contributed by atoms with van der Waals surface area (Å²) in [5, 5.41) is 2.89. The third-order valence-electron chi connectivity index (χ3n) is 5.26. The molecule has 5 nitrogen and oxygen atoms in total. The van der Waals surface area contributed by atoms with Crippen LogP contribution in [-0.2, 0) is 13.0 Å². The van der Waals surface area contributed by atoms with E-state index in [2.05, 4.69) is 16.0 Å². The van der Waals surface area contributed by atoms with Crippen molar-refractivity contribution in [2.45, 2.75) is 26.3 Å². The molecule has 1 heterocycles. The number of aromatic nitrogens is 2. The van der Waals surface area contributed by atoms with Crippen molar-refractivity contribution in [3.63, 3.8) is 0 Å². The quantitative estimate of drug-likeness (QED) is 0.383. The molecule has 6 heteroatoms. The van der Waals surface area contributed by atoms with E-state index in [-0.39, 0.29) is 11.7 Å². The third-order valence-corrected chi connectivity index (χ3v) is 5.26. The van der Waals surface area contributed by atoms with E-state index in [1.807, 2.05) is 49.4 Å². The van der Waals surface area contributed by atoms with Gasteiger partial charge in [-0.1, -0.05) is 24.3 Å². The van der Waals surface area contributed by atoms with Crippen molar-refractivity contribution >= 4 is 16.9 Å². The third kappa shape index (κ3) is 5.32. The van der Waals surface area contributed by atoms with E-state index in [1.54, 1.807) is 0 Å². The molecule has 4 aromatic rings. The number of para-hydroxylation sites is 2. The number of fused-ring (bicyclic) bond motifs is 1. The number of nitrogens with zero attached hydrogens (tertiary/aromatic N) is 2. The smallest absolute Gasteiger partial charge is 0.251 e. The number of imidazole rings is 1. The molecule has 1 amide bonds. The first-order valence-electron chi connectivity index (χ1n) is 10.8. The summed E-state index contributed by atoms with van der Waals surface area (Å²) in [5.74, 6) is 1.21. The zero-order valence-corrected chi connectivity index (χ0v) is 18.1. The van der Waals surface area contributed by atoms with Crippen molar-refractivity contribution < 1.29 is 13.9 Å². The SMILES string of the molecule is Cc1cccc(OCCCn2c(CCNC(=O)c3ccc(F)cc3)nc3ccccc32)c1. The zero-order chi connectivity index (χ0) is 22.3. The van der Waals surface area contributed by atoms with E-state index in [0.717, 1.165) is 35.6 Å². The summed E-state index contributed by atoms with van der Waals surface area (Å²) >= 11 is 0. The van der Waals surface area contributed by atoms with Gasteiger partial charge < -0.3 is 14.6 Å². The van der Waals surface area contributed by atoms with Crippen molar-refractivity contribution in [2.24, 2.45) is 0 Å². The maximum absolute atomic E-state index is 13.1. The highest BCUT2D eigenvalue weighted by molar-refractivity contribution is 5.94. The first-order chi connectivity index (χ1) is 15.6. The number of carbonyl (C=O) groups excluding carboxylic acids is 1. The van der Waals surface area contributed by atoms with Crippen LogP contribution in [0.4, 0.5) is 4.39 Å². The lowest BCUT2D eigenvalue weighted by Gasteiger charge is -2.11. The fraction of sp³-hybridized carbons (Fsp3) is 0.231. The molecule has 3 aromatic carbocycles. The van der Waals surface area contributed by atoms with Gasteiger partial charge in [-0.15, -0.1) is 0 Å². The first-order valence-corrected chi connectivity index (χ1v) is 10.8. The van der Waals surface area contributed by atoms with Crippen LogP contribution < -0.4 is 10.1 Å². The maximum atomic E-state index is 13.1. The summed E-state index contributed by atoms with van der Waals surface area (Å²) in [7, 11) is 0. The van der Waals surface area contributed by atoms with Gasteiger partial charge in [-0.2, -0.15) is 0 Å². The molecule has 0 bridgehead atoms. The molecule has 164 valence electrons. The lowest BCUT2D eigenvalue weighted by Crippen LogP contribution is -2.26. The van der Waals surface area contributed by atoms with Crippen molar-refractivity contribution in [1.82, 2.24) is 14.9 Å². The van der Waals surface area contributed by atoms with Crippen LogP contribution >= 0.6 is 0 Å². The van der Waals surface area contributed by atoms with Crippen molar-refractivity contribution in [3.8, 4) is 5.75 Å². The molecule has 0 radical (unpaired) electrons. The summed E-state index contributed by atoms with van der Waals surface area (Å²) in [5.41, 5.74) is 3.62. The summed E-state index contributed by atoms with van der Waals surface area (Å²) in [6.07, 6.45) is 1.43. The number of benzene rings is 3. The Labute approximate surface area is 186 Å². The van der Waals surface area contributed by atoms with E-state index < -0.39 is 0 Å². The average molecular weight is 432 g/mol. The van der Waals surface area contributed by atoms with Crippen LogP contribution in [0.25, 0.3) is 11.0 Å². The largest absolute Gasteiger partial charge is 0.494 e. The number of carbonyl (C=O) groups is 1. The molecule has 0 saturated carbocycles. The highest BCUT2D eigenvalue weighted by atomic mass is 19.1. The van der Waals surface area contributed by atoms with Gasteiger partial charge in [0, 0.05) is 25.1 Å².